The van der Waals surface area contributed by atoms with Crippen LogP contribution in [0.5, 0.6) is 11.5 Å². The van der Waals surface area contributed by atoms with E-state index in [1.165, 1.54) is 5.06 Å². The Kier molecular flexibility index (Phi) is 13.3. The van der Waals surface area contributed by atoms with Crippen molar-refractivity contribution in [2.75, 3.05) is 74.9 Å². The maximum absolute atomic E-state index is 15.4. The number of nitrogens with zero attached hydrogens (tertiary/aromatic N) is 3. The van der Waals surface area contributed by atoms with Crippen LogP contribution in [-0.4, -0.2) is 112 Å². The molecule has 14 nitrogen and oxygen atoms in total. The van der Waals surface area contributed by atoms with E-state index in [9.17, 15) is 17.8 Å². The number of benzene rings is 3. The molecule has 0 bridgehead atoms. The van der Waals surface area contributed by atoms with Crippen LogP contribution in [0.1, 0.15) is 130 Å². The molecule has 6 heterocycles. The molecule has 3 aromatic carbocycles. The molecule has 69 heavy (non-hydrogen) atoms. The SMILES string of the molecule is CCC1=CC(C)(C)N2CCCc3c4c(cc1c32)C1(c2cc3c5c(c2O4)CCCN5C(C)(C)C=C3CS(=O)(=O)O)c2c(Cl)ccc(Cl)c2C(=O)N1OCCOCCOCCOCCC(=O)OC(C)(C)C. The van der Waals surface area contributed by atoms with E-state index >= 15 is 4.79 Å². The summed E-state index contributed by atoms with van der Waals surface area (Å²) < 4.78 is 66.1. The number of anilines is 2. The van der Waals surface area contributed by atoms with Crippen molar-refractivity contribution in [2.45, 2.75) is 116 Å². The molecule has 3 aromatic rings. The number of halogens is 2. The van der Waals surface area contributed by atoms with Crippen molar-refractivity contribution < 1.29 is 51.1 Å². The molecule has 0 saturated carbocycles. The lowest BCUT2D eigenvalue weighted by atomic mass is 9.70. The second-order valence-electron chi connectivity index (χ2n) is 20.7. The van der Waals surface area contributed by atoms with Crippen molar-refractivity contribution >= 4 is 67.7 Å². The molecule has 372 valence electrons. The fourth-order valence-corrected chi connectivity index (χ4v) is 12.5. The molecule has 9 rings (SSSR count). The molecule has 1 atom stereocenters. The molecule has 0 radical (unpaired) electrons. The Morgan fingerprint density at radius 1 is 0.783 bits per heavy atom. The first kappa shape index (κ1) is 49.8. The molecule has 1 unspecified atom stereocenters. The minimum atomic E-state index is -4.49. The predicted molar refractivity (Wildman–Crippen MR) is 266 cm³/mol. The van der Waals surface area contributed by atoms with Crippen molar-refractivity contribution in [1.82, 2.24) is 5.06 Å². The minimum Gasteiger partial charge on any atom is -0.460 e. The number of hydrogen-bond acceptors (Lipinski definition) is 12. The van der Waals surface area contributed by atoms with Crippen LogP contribution in [0.4, 0.5) is 11.4 Å². The van der Waals surface area contributed by atoms with Gasteiger partial charge in [-0.1, -0.05) is 42.3 Å². The summed E-state index contributed by atoms with van der Waals surface area (Å²) in [6.45, 7) is 19.1. The number of carbonyl (C=O) groups excluding carboxylic acids is 2. The molecular formula is C52H63Cl2N3O11S. The number of hydroxylamine groups is 2. The van der Waals surface area contributed by atoms with Gasteiger partial charge in [0.15, 0.2) is 5.54 Å². The van der Waals surface area contributed by atoms with E-state index in [0.717, 1.165) is 65.9 Å². The van der Waals surface area contributed by atoms with Gasteiger partial charge >= 0.3 is 5.97 Å². The highest BCUT2D eigenvalue weighted by molar-refractivity contribution is 7.86. The Balaban J connectivity index is 1.13. The summed E-state index contributed by atoms with van der Waals surface area (Å²) in [6, 6.07) is 7.38. The lowest BCUT2D eigenvalue weighted by Crippen LogP contribution is -2.51. The summed E-state index contributed by atoms with van der Waals surface area (Å²) in [5.74, 6) is -0.257. The van der Waals surface area contributed by atoms with Crippen LogP contribution in [0.2, 0.25) is 10.0 Å². The predicted octanol–water partition coefficient (Wildman–Crippen LogP) is 9.71. The number of carbonyl (C=O) groups is 2. The van der Waals surface area contributed by atoms with Crippen molar-refractivity contribution in [1.29, 1.82) is 0 Å². The van der Waals surface area contributed by atoms with Gasteiger partial charge in [-0.05, 0) is 116 Å². The van der Waals surface area contributed by atoms with Gasteiger partial charge in [0.1, 0.15) is 22.9 Å². The minimum absolute atomic E-state index is 0.0520. The molecule has 0 aromatic heterocycles. The third kappa shape index (κ3) is 8.87. The smallest absolute Gasteiger partial charge is 0.308 e. The molecule has 1 N–H and O–H groups in total. The lowest BCUT2D eigenvalue weighted by molar-refractivity contribution is -0.171. The van der Waals surface area contributed by atoms with Crippen molar-refractivity contribution in [3.8, 4) is 11.5 Å². The summed E-state index contributed by atoms with van der Waals surface area (Å²) in [5.41, 5.74) is 5.89. The normalized spacial score (nSPS) is 20.4. The number of rotatable bonds is 16. The summed E-state index contributed by atoms with van der Waals surface area (Å²) in [4.78, 5) is 38.9. The zero-order valence-electron chi connectivity index (χ0n) is 40.8. The van der Waals surface area contributed by atoms with Crippen LogP contribution in [0.25, 0.3) is 11.1 Å². The monoisotopic (exact) mass is 1010 g/mol. The molecular weight excluding hydrogens is 946 g/mol. The number of amides is 1. The van der Waals surface area contributed by atoms with E-state index in [4.69, 9.17) is 51.7 Å². The first-order valence-corrected chi connectivity index (χ1v) is 26.4. The zero-order valence-corrected chi connectivity index (χ0v) is 43.1. The summed E-state index contributed by atoms with van der Waals surface area (Å²) in [7, 11) is -4.49. The lowest BCUT2D eigenvalue weighted by Gasteiger charge is -2.51. The van der Waals surface area contributed by atoms with Gasteiger partial charge in [-0.3, -0.25) is 19.0 Å². The highest BCUT2D eigenvalue weighted by Crippen LogP contribution is 2.65. The molecule has 0 fully saturated rings. The Hall–Kier alpha value is -4.19. The van der Waals surface area contributed by atoms with Gasteiger partial charge in [-0.15, -0.1) is 0 Å². The third-order valence-corrected chi connectivity index (χ3v) is 15.2. The molecule has 17 heteroatoms. The first-order valence-electron chi connectivity index (χ1n) is 24.0. The maximum Gasteiger partial charge on any atom is 0.308 e. The fraction of sp³-hybridized carbons (Fsp3) is 0.538. The number of fused-ring (bicyclic) bond motifs is 8. The van der Waals surface area contributed by atoms with E-state index in [2.05, 4.69) is 42.7 Å². The van der Waals surface area contributed by atoms with Crippen LogP contribution in [-0.2, 0) is 57.1 Å². The van der Waals surface area contributed by atoms with Gasteiger partial charge in [-0.25, -0.2) is 0 Å². The molecule has 6 aliphatic heterocycles. The average molecular weight is 1010 g/mol. The van der Waals surface area contributed by atoms with E-state index in [-0.39, 0.29) is 66.6 Å². The Morgan fingerprint density at radius 2 is 1.29 bits per heavy atom. The van der Waals surface area contributed by atoms with Crippen LogP contribution in [0.15, 0.2) is 36.4 Å². The second kappa shape index (κ2) is 18.4. The highest BCUT2D eigenvalue weighted by Gasteiger charge is 2.62. The molecule has 1 spiro atoms. The fourth-order valence-electron chi connectivity index (χ4n) is 11.4. The Bertz CT molecular complexity index is 2780. The summed E-state index contributed by atoms with van der Waals surface area (Å²) >= 11 is 14.5. The molecule has 1 amide bonds. The van der Waals surface area contributed by atoms with Crippen LogP contribution >= 0.6 is 23.2 Å². The van der Waals surface area contributed by atoms with E-state index in [0.29, 0.717) is 65.5 Å². The number of allylic oxidation sites excluding steroid dienone is 1. The molecule has 6 aliphatic rings. The largest absolute Gasteiger partial charge is 0.460 e. The highest BCUT2D eigenvalue weighted by atomic mass is 35.5. The molecule has 0 aliphatic carbocycles. The number of ether oxygens (including phenoxy) is 5. The van der Waals surface area contributed by atoms with Crippen LogP contribution < -0.4 is 14.5 Å². The van der Waals surface area contributed by atoms with Gasteiger partial charge in [0, 0.05) is 57.1 Å². The van der Waals surface area contributed by atoms with Gasteiger partial charge in [0.05, 0.1) is 85.7 Å². The van der Waals surface area contributed by atoms with Crippen LogP contribution in [0.3, 0.4) is 0 Å². The standard InChI is InChI=1S/C52H63Cl2N3O11S/c1-9-31-28-50(5,6)55-17-10-12-33-44(55)35(31)26-37-46(33)67-47-34-13-11-18-56-45(34)36(32(29-51(56,7)8)30-69(60,61)62)27-38(47)52(37)43-40(54)15-14-39(53)42(43)48(59)57(52)66-25-24-65-23-22-64-21-20-63-19-16-41(58)68-49(2,3)4/h14-15,26-29H,9-13,16-25,30H2,1-8H3,(H,60,61,62). The van der Waals surface area contributed by atoms with Gasteiger partial charge in [-0.2, -0.15) is 13.5 Å². The maximum atomic E-state index is 15.4. The Labute approximate surface area is 415 Å². The second-order valence-corrected chi connectivity index (χ2v) is 23.0. The third-order valence-electron chi connectivity index (χ3n) is 13.9. The topological polar surface area (TPSA) is 154 Å². The van der Waals surface area contributed by atoms with Gasteiger partial charge in [0.25, 0.3) is 16.0 Å². The molecule has 0 saturated heterocycles. The first-order chi connectivity index (χ1) is 32.6. The quantitative estimate of drug-likeness (QED) is 0.0824. The van der Waals surface area contributed by atoms with Crippen molar-refractivity contribution in [2.24, 2.45) is 0 Å². The van der Waals surface area contributed by atoms with Crippen molar-refractivity contribution in [3.05, 3.63) is 91.0 Å². The van der Waals surface area contributed by atoms with Crippen molar-refractivity contribution in [3.63, 3.8) is 0 Å². The number of hydrogen-bond donors (Lipinski definition) is 1. The zero-order chi connectivity index (χ0) is 49.4. The summed E-state index contributed by atoms with van der Waals surface area (Å²) in [5, 5.41) is 1.88. The van der Waals surface area contributed by atoms with E-state index in [1.807, 2.05) is 46.8 Å². The van der Waals surface area contributed by atoms with Crippen LogP contribution in [0, 0.1) is 0 Å². The van der Waals surface area contributed by atoms with Gasteiger partial charge in [0.2, 0.25) is 0 Å². The Morgan fingerprint density at radius 3 is 1.83 bits per heavy atom. The average Bonchev–Trinajstić information content (AvgIpc) is 3.53. The summed E-state index contributed by atoms with van der Waals surface area (Å²) in [6.07, 6.45) is 8.13. The van der Waals surface area contributed by atoms with E-state index in [1.54, 1.807) is 12.1 Å². The van der Waals surface area contributed by atoms with Gasteiger partial charge < -0.3 is 33.5 Å². The van der Waals surface area contributed by atoms with E-state index < -0.39 is 38.5 Å². The number of esters is 1.